The molecule has 66 valence electrons. The van der Waals surface area contributed by atoms with Crippen molar-refractivity contribution in [3.8, 4) is 6.07 Å². The van der Waals surface area contributed by atoms with Gasteiger partial charge in [-0.3, -0.25) is 10.1 Å². The van der Waals surface area contributed by atoms with Crippen LogP contribution in [0.4, 0.5) is 10.1 Å². The van der Waals surface area contributed by atoms with Crippen LogP contribution in [0.15, 0.2) is 12.1 Å². The number of hydrogen-bond acceptors (Lipinski definition) is 3. The standard InChI is InChI=1S/C8H5FN2O2/c1-5-6(4-10)2-7(9)3-8(5)11(12)13/h2-3H,1H3. The van der Waals surface area contributed by atoms with Crippen molar-refractivity contribution in [2.75, 3.05) is 0 Å². The summed E-state index contributed by atoms with van der Waals surface area (Å²) in [4.78, 5) is 9.66. The molecule has 0 unspecified atom stereocenters. The second-order valence-corrected chi connectivity index (χ2v) is 2.47. The first-order valence-electron chi connectivity index (χ1n) is 3.41. The highest BCUT2D eigenvalue weighted by Crippen LogP contribution is 2.22. The summed E-state index contributed by atoms with van der Waals surface area (Å²) in [7, 11) is 0. The van der Waals surface area contributed by atoms with Crippen LogP contribution in [-0.2, 0) is 0 Å². The molecule has 0 aromatic heterocycles. The monoisotopic (exact) mass is 180 g/mol. The number of nitro benzene ring substituents is 1. The Morgan fingerprint density at radius 1 is 1.62 bits per heavy atom. The molecule has 0 aliphatic rings. The van der Waals surface area contributed by atoms with Crippen molar-refractivity contribution in [1.82, 2.24) is 0 Å². The number of nitrogens with zero attached hydrogens (tertiary/aromatic N) is 2. The second kappa shape index (κ2) is 3.19. The lowest BCUT2D eigenvalue weighted by Gasteiger charge is -1.98. The van der Waals surface area contributed by atoms with Gasteiger partial charge in [-0.15, -0.1) is 0 Å². The molecule has 1 aromatic carbocycles. The summed E-state index contributed by atoms with van der Waals surface area (Å²) in [6.07, 6.45) is 0. The van der Waals surface area contributed by atoms with Crippen molar-refractivity contribution in [1.29, 1.82) is 5.26 Å². The molecular formula is C8H5FN2O2. The fraction of sp³-hybridized carbons (Fsp3) is 0.125. The number of benzene rings is 1. The molecule has 1 rings (SSSR count). The molecule has 0 N–H and O–H groups in total. The van der Waals surface area contributed by atoms with Crippen molar-refractivity contribution in [3.63, 3.8) is 0 Å². The van der Waals surface area contributed by atoms with Crippen LogP contribution >= 0.6 is 0 Å². The molecule has 0 aliphatic carbocycles. The van der Waals surface area contributed by atoms with Crippen LogP contribution in [0.5, 0.6) is 0 Å². The minimum Gasteiger partial charge on any atom is -0.258 e. The number of hydrogen-bond donors (Lipinski definition) is 0. The highest BCUT2D eigenvalue weighted by Gasteiger charge is 2.15. The van der Waals surface area contributed by atoms with Crippen molar-refractivity contribution in [2.24, 2.45) is 0 Å². The fourth-order valence-electron chi connectivity index (χ4n) is 0.970. The SMILES string of the molecule is Cc1c(C#N)cc(F)cc1[N+](=O)[O-]. The molecule has 0 aliphatic heterocycles. The van der Waals surface area contributed by atoms with E-state index in [1.54, 1.807) is 6.07 Å². The first kappa shape index (κ1) is 9.13. The average Bonchev–Trinajstić information content (AvgIpc) is 2.08. The summed E-state index contributed by atoms with van der Waals surface area (Å²) in [5, 5.41) is 18.9. The van der Waals surface area contributed by atoms with Gasteiger partial charge in [0.25, 0.3) is 5.69 Å². The quantitative estimate of drug-likeness (QED) is 0.489. The van der Waals surface area contributed by atoms with E-state index in [1.165, 1.54) is 6.92 Å². The summed E-state index contributed by atoms with van der Waals surface area (Å²) in [6, 6.07) is 3.46. The Hall–Kier alpha value is -1.96. The van der Waals surface area contributed by atoms with E-state index in [2.05, 4.69) is 0 Å². The molecule has 0 saturated heterocycles. The zero-order chi connectivity index (χ0) is 10.0. The Balaban J connectivity index is 3.47. The van der Waals surface area contributed by atoms with Crippen molar-refractivity contribution < 1.29 is 9.31 Å². The van der Waals surface area contributed by atoms with Crippen LogP contribution in [0.2, 0.25) is 0 Å². The first-order chi connectivity index (χ1) is 6.06. The first-order valence-corrected chi connectivity index (χ1v) is 3.41. The lowest BCUT2D eigenvalue weighted by Crippen LogP contribution is -1.95. The topological polar surface area (TPSA) is 66.9 Å². The summed E-state index contributed by atoms with van der Waals surface area (Å²) in [5.74, 6) is -0.770. The van der Waals surface area contributed by atoms with Gasteiger partial charge in [-0.2, -0.15) is 5.26 Å². The van der Waals surface area contributed by atoms with Crippen LogP contribution in [-0.4, -0.2) is 4.92 Å². The molecule has 0 spiro atoms. The molecule has 0 amide bonds. The molecule has 0 atom stereocenters. The number of nitriles is 1. The van der Waals surface area contributed by atoms with E-state index in [1.807, 2.05) is 0 Å². The van der Waals surface area contributed by atoms with E-state index in [4.69, 9.17) is 5.26 Å². The van der Waals surface area contributed by atoms with Gasteiger partial charge in [0, 0.05) is 5.56 Å². The molecule has 0 heterocycles. The van der Waals surface area contributed by atoms with Gasteiger partial charge in [0.15, 0.2) is 0 Å². The van der Waals surface area contributed by atoms with Gasteiger partial charge in [0.2, 0.25) is 0 Å². The Bertz CT molecular complexity index is 409. The van der Waals surface area contributed by atoms with E-state index in [0.29, 0.717) is 0 Å². The largest absolute Gasteiger partial charge is 0.276 e. The molecule has 0 saturated carbocycles. The average molecular weight is 180 g/mol. The van der Waals surface area contributed by atoms with E-state index in [0.717, 1.165) is 12.1 Å². The minimum atomic E-state index is -0.770. The van der Waals surface area contributed by atoms with Crippen molar-refractivity contribution >= 4 is 5.69 Å². The number of rotatable bonds is 1. The van der Waals surface area contributed by atoms with Gasteiger partial charge in [0.05, 0.1) is 22.6 Å². The van der Waals surface area contributed by atoms with Crippen molar-refractivity contribution in [2.45, 2.75) is 6.92 Å². The lowest BCUT2D eigenvalue weighted by atomic mass is 10.1. The zero-order valence-electron chi connectivity index (χ0n) is 6.74. The normalized spacial score (nSPS) is 9.31. The predicted octanol–water partition coefficient (Wildman–Crippen LogP) is 1.91. The van der Waals surface area contributed by atoms with Crippen molar-refractivity contribution in [3.05, 3.63) is 39.2 Å². The third kappa shape index (κ3) is 1.62. The highest BCUT2D eigenvalue weighted by molar-refractivity contribution is 5.50. The van der Waals surface area contributed by atoms with E-state index in [-0.39, 0.29) is 16.8 Å². The summed E-state index contributed by atoms with van der Waals surface area (Å²) < 4.78 is 12.7. The smallest absolute Gasteiger partial charge is 0.258 e. The second-order valence-electron chi connectivity index (χ2n) is 2.47. The number of halogens is 1. The molecule has 0 radical (unpaired) electrons. The third-order valence-electron chi connectivity index (χ3n) is 1.66. The molecule has 1 aromatic rings. The van der Waals surface area contributed by atoms with E-state index in [9.17, 15) is 14.5 Å². The molecule has 4 nitrogen and oxygen atoms in total. The Labute approximate surface area is 73.4 Å². The van der Waals surface area contributed by atoms with Crippen LogP contribution in [0.1, 0.15) is 11.1 Å². The lowest BCUT2D eigenvalue weighted by molar-refractivity contribution is -0.385. The molecule has 5 heteroatoms. The maximum atomic E-state index is 12.7. The molecule has 0 fully saturated rings. The van der Waals surface area contributed by atoms with Gasteiger partial charge < -0.3 is 0 Å². The Morgan fingerprint density at radius 3 is 2.69 bits per heavy atom. The van der Waals surface area contributed by atoms with Gasteiger partial charge in [-0.25, -0.2) is 4.39 Å². The van der Waals surface area contributed by atoms with Gasteiger partial charge in [-0.05, 0) is 13.0 Å². The van der Waals surface area contributed by atoms with Gasteiger partial charge in [0.1, 0.15) is 5.82 Å². The van der Waals surface area contributed by atoms with Gasteiger partial charge >= 0.3 is 0 Å². The molecule has 13 heavy (non-hydrogen) atoms. The van der Waals surface area contributed by atoms with Crippen LogP contribution in [0.3, 0.4) is 0 Å². The fourth-order valence-corrected chi connectivity index (χ4v) is 0.970. The van der Waals surface area contributed by atoms with Gasteiger partial charge in [-0.1, -0.05) is 0 Å². The summed E-state index contributed by atoms with van der Waals surface area (Å²) in [6.45, 7) is 1.41. The molecule has 0 bridgehead atoms. The predicted molar refractivity (Wildman–Crippen MR) is 42.5 cm³/mol. The summed E-state index contributed by atoms with van der Waals surface area (Å²) in [5.41, 5.74) is -0.183. The van der Waals surface area contributed by atoms with E-state index >= 15 is 0 Å². The molecular weight excluding hydrogens is 175 g/mol. The summed E-state index contributed by atoms with van der Waals surface area (Å²) >= 11 is 0. The minimum absolute atomic E-state index is 0.00769. The van der Waals surface area contributed by atoms with Crippen LogP contribution in [0, 0.1) is 34.2 Å². The zero-order valence-corrected chi connectivity index (χ0v) is 6.74. The Kier molecular flexibility index (Phi) is 2.24. The van der Waals surface area contributed by atoms with Crippen LogP contribution in [0.25, 0.3) is 0 Å². The maximum Gasteiger partial charge on any atom is 0.276 e. The Morgan fingerprint density at radius 2 is 2.23 bits per heavy atom. The van der Waals surface area contributed by atoms with E-state index < -0.39 is 10.7 Å². The number of nitro groups is 1. The maximum absolute atomic E-state index is 12.7. The third-order valence-corrected chi connectivity index (χ3v) is 1.66. The van der Waals surface area contributed by atoms with Crippen LogP contribution < -0.4 is 0 Å². The highest BCUT2D eigenvalue weighted by atomic mass is 19.1.